The second-order valence-electron chi connectivity index (χ2n) is 7.72. The molecule has 0 aliphatic heterocycles. The average Bonchev–Trinajstić information content (AvgIpc) is 3.08. The van der Waals surface area contributed by atoms with Gasteiger partial charge < -0.3 is 5.32 Å². The number of rotatable bonds is 5. The molecule has 2 aromatic heterocycles. The maximum Gasteiger partial charge on any atom is 0.263 e. The molecular weight excluding hydrogens is 413 g/mol. The van der Waals surface area contributed by atoms with Crippen LogP contribution >= 0.6 is 11.3 Å². The Labute approximate surface area is 183 Å². The molecule has 1 amide bonds. The first kappa shape index (κ1) is 20.9. The van der Waals surface area contributed by atoms with Crippen molar-refractivity contribution in [1.29, 1.82) is 0 Å². The maximum absolute atomic E-state index is 13.3. The smallest absolute Gasteiger partial charge is 0.263 e. The van der Waals surface area contributed by atoms with Crippen LogP contribution in [-0.2, 0) is 11.3 Å². The largest absolute Gasteiger partial charge is 0.325 e. The number of carbonyl (C=O) groups excluding carboxylic acids is 1. The van der Waals surface area contributed by atoms with E-state index in [9.17, 15) is 14.0 Å². The van der Waals surface area contributed by atoms with E-state index >= 15 is 0 Å². The molecule has 0 fully saturated rings. The van der Waals surface area contributed by atoms with Crippen LogP contribution in [-0.4, -0.2) is 15.5 Å². The van der Waals surface area contributed by atoms with Gasteiger partial charge in [-0.1, -0.05) is 38.1 Å². The van der Waals surface area contributed by atoms with Crippen LogP contribution in [0.5, 0.6) is 0 Å². The molecule has 0 aliphatic rings. The Hall–Kier alpha value is -3.32. The fourth-order valence-electron chi connectivity index (χ4n) is 3.52. The fourth-order valence-corrected chi connectivity index (χ4v) is 4.52. The number of amides is 1. The van der Waals surface area contributed by atoms with Gasteiger partial charge in [0.05, 0.1) is 11.7 Å². The van der Waals surface area contributed by atoms with Crippen molar-refractivity contribution >= 4 is 33.1 Å². The molecule has 1 N–H and O–H groups in total. The Bertz CT molecular complexity index is 1310. The predicted octanol–water partition coefficient (Wildman–Crippen LogP) is 5.33. The molecule has 4 rings (SSSR count). The third-order valence-corrected chi connectivity index (χ3v) is 6.18. The summed E-state index contributed by atoms with van der Waals surface area (Å²) in [5.41, 5.74) is 3.05. The molecule has 5 nitrogen and oxygen atoms in total. The number of hydrogen-bond donors (Lipinski definition) is 1. The van der Waals surface area contributed by atoms with Gasteiger partial charge in [0.15, 0.2) is 0 Å². The van der Waals surface area contributed by atoms with E-state index in [-0.39, 0.29) is 23.8 Å². The van der Waals surface area contributed by atoms with Crippen molar-refractivity contribution in [3.8, 4) is 11.1 Å². The quantitative estimate of drug-likeness (QED) is 0.461. The van der Waals surface area contributed by atoms with E-state index in [0.717, 1.165) is 16.0 Å². The summed E-state index contributed by atoms with van der Waals surface area (Å²) in [6.07, 6.45) is 1.40. The number of fused-ring (bicyclic) bond motifs is 1. The zero-order valence-corrected chi connectivity index (χ0v) is 18.3. The number of thiophene rings is 1. The average molecular weight is 436 g/mol. The first-order valence-corrected chi connectivity index (χ1v) is 10.8. The minimum atomic E-state index is -0.338. The summed E-state index contributed by atoms with van der Waals surface area (Å²) in [5.74, 6) is -0.240. The number of benzene rings is 2. The van der Waals surface area contributed by atoms with Gasteiger partial charge in [0.25, 0.3) is 5.56 Å². The number of aromatic nitrogens is 2. The SMILES string of the molecule is Cc1sc2ncn(CC(=O)Nc3ccc(C(C)C)cc3)c(=O)c2c1-c1ccc(F)cc1. The van der Waals surface area contributed by atoms with Crippen molar-refractivity contribution in [1.82, 2.24) is 9.55 Å². The summed E-state index contributed by atoms with van der Waals surface area (Å²) < 4.78 is 14.7. The van der Waals surface area contributed by atoms with E-state index in [1.807, 2.05) is 31.2 Å². The lowest BCUT2D eigenvalue weighted by atomic mass is 10.0. The highest BCUT2D eigenvalue weighted by atomic mass is 32.1. The molecule has 0 unspecified atom stereocenters. The summed E-state index contributed by atoms with van der Waals surface area (Å²) in [4.78, 5) is 31.6. The van der Waals surface area contributed by atoms with E-state index in [4.69, 9.17) is 0 Å². The van der Waals surface area contributed by atoms with E-state index in [1.54, 1.807) is 12.1 Å². The third-order valence-electron chi connectivity index (χ3n) is 5.16. The monoisotopic (exact) mass is 435 g/mol. The van der Waals surface area contributed by atoms with Crippen LogP contribution in [0.2, 0.25) is 0 Å². The molecule has 158 valence electrons. The van der Waals surface area contributed by atoms with Crippen LogP contribution < -0.4 is 10.9 Å². The zero-order chi connectivity index (χ0) is 22.1. The molecule has 0 radical (unpaired) electrons. The molecule has 4 aromatic rings. The van der Waals surface area contributed by atoms with Crippen molar-refractivity contribution < 1.29 is 9.18 Å². The summed E-state index contributed by atoms with van der Waals surface area (Å²) in [5, 5.41) is 3.27. The van der Waals surface area contributed by atoms with Gasteiger partial charge in [0.1, 0.15) is 17.2 Å². The Morgan fingerprint density at radius 3 is 2.45 bits per heavy atom. The topological polar surface area (TPSA) is 64.0 Å². The van der Waals surface area contributed by atoms with Crippen LogP contribution in [0.1, 0.15) is 30.2 Å². The van der Waals surface area contributed by atoms with Crippen LogP contribution in [0.3, 0.4) is 0 Å². The molecule has 7 heteroatoms. The number of nitrogens with one attached hydrogen (secondary N) is 1. The van der Waals surface area contributed by atoms with Gasteiger partial charge in [0.2, 0.25) is 5.91 Å². The van der Waals surface area contributed by atoms with Gasteiger partial charge >= 0.3 is 0 Å². The summed E-state index contributed by atoms with van der Waals surface area (Å²) in [6, 6.07) is 13.7. The van der Waals surface area contributed by atoms with Gasteiger partial charge in [-0.05, 0) is 48.2 Å². The first-order chi connectivity index (χ1) is 14.8. The van der Waals surface area contributed by atoms with Gasteiger partial charge in [-0.3, -0.25) is 14.2 Å². The normalized spacial score (nSPS) is 11.3. The molecule has 0 saturated carbocycles. The number of nitrogens with zero attached hydrogens (tertiary/aromatic N) is 2. The minimum Gasteiger partial charge on any atom is -0.325 e. The van der Waals surface area contributed by atoms with Crippen molar-refractivity contribution in [2.24, 2.45) is 0 Å². The number of carbonyl (C=O) groups is 1. The Balaban J connectivity index is 1.63. The Morgan fingerprint density at radius 2 is 1.81 bits per heavy atom. The summed E-state index contributed by atoms with van der Waals surface area (Å²) in [6.45, 7) is 5.97. The highest BCUT2D eigenvalue weighted by molar-refractivity contribution is 7.19. The van der Waals surface area contributed by atoms with E-state index in [2.05, 4.69) is 24.1 Å². The van der Waals surface area contributed by atoms with Crippen molar-refractivity contribution in [3.63, 3.8) is 0 Å². The molecule has 0 bridgehead atoms. The molecule has 2 aromatic carbocycles. The van der Waals surface area contributed by atoms with Crippen molar-refractivity contribution in [3.05, 3.63) is 81.5 Å². The number of anilines is 1. The lowest BCUT2D eigenvalue weighted by molar-refractivity contribution is -0.116. The lowest BCUT2D eigenvalue weighted by Crippen LogP contribution is -2.27. The van der Waals surface area contributed by atoms with Crippen molar-refractivity contribution in [2.75, 3.05) is 5.32 Å². The van der Waals surface area contributed by atoms with Crippen molar-refractivity contribution in [2.45, 2.75) is 33.2 Å². The van der Waals surface area contributed by atoms with Crippen LogP contribution in [0.25, 0.3) is 21.3 Å². The second-order valence-corrected chi connectivity index (χ2v) is 8.93. The highest BCUT2D eigenvalue weighted by Gasteiger charge is 2.18. The molecule has 0 atom stereocenters. The lowest BCUT2D eigenvalue weighted by Gasteiger charge is -2.10. The molecule has 2 heterocycles. The Morgan fingerprint density at radius 1 is 1.13 bits per heavy atom. The van der Waals surface area contributed by atoms with Crippen LogP contribution in [0, 0.1) is 12.7 Å². The third kappa shape index (κ3) is 4.27. The molecule has 0 spiro atoms. The number of aryl methyl sites for hydroxylation is 1. The zero-order valence-electron chi connectivity index (χ0n) is 17.5. The van der Waals surface area contributed by atoms with Gasteiger partial charge in [-0.2, -0.15) is 0 Å². The van der Waals surface area contributed by atoms with Gasteiger partial charge in [0, 0.05) is 16.1 Å². The Kier molecular flexibility index (Phi) is 5.69. The maximum atomic E-state index is 13.3. The molecule has 0 aliphatic carbocycles. The summed E-state index contributed by atoms with van der Waals surface area (Å²) >= 11 is 1.41. The first-order valence-electron chi connectivity index (χ1n) is 9.97. The molecule has 31 heavy (non-hydrogen) atoms. The number of hydrogen-bond acceptors (Lipinski definition) is 4. The second kappa shape index (κ2) is 8.43. The molecular formula is C24H22FN3O2S. The van der Waals surface area contributed by atoms with E-state index in [1.165, 1.54) is 39.9 Å². The molecule has 0 saturated heterocycles. The van der Waals surface area contributed by atoms with E-state index < -0.39 is 0 Å². The minimum absolute atomic E-state index is 0.147. The van der Waals surface area contributed by atoms with Gasteiger partial charge in [-0.25, -0.2) is 9.37 Å². The highest BCUT2D eigenvalue weighted by Crippen LogP contribution is 2.35. The van der Waals surface area contributed by atoms with Crippen LogP contribution in [0.4, 0.5) is 10.1 Å². The number of halogens is 1. The fraction of sp³-hybridized carbons (Fsp3) is 0.208. The van der Waals surface area contributed by atoms with E-state index in [0.29, 0.717) is 21.8 Å². The summed E-state index contributed by atoms with van der Waals surface area (Å²) in [7, 11) is 0. The van der Waals surface area contributed by atoms with Crippen LogP contribution in [0.15, 0.2) is 59.7 Å². The standard InChI is InChI=1S/C24H22FN3O2S/c1-14(2)16-6-10-19(11-7-16)27-20(29)12-28-13-26-23-22(24(28)30)21(15(3)31-23)17-4-8-18(25)9-5-17/h4-11,13-14H,12H2,1-3H3,(H,27,29). The van der Waals surface area contributed by atoms with Gasteiger partial charge in [-0.15, -0.1) is 11.3 Å². The predicted molar refractivity (Wildman–Crippen MR) is 123 cm³/mol.